The van der Waals surface area contributed by atoms with Crippen LogP contribution in [-0.4, -0.2) is 27.8 Å². The van der Waals surface area contributed by atoms with Gasteiger partial charge in [-0.2, -0.15) is 5.10 Å². The standard InChI is InChI=1S/C19H26N4O2/c1-14(24)20-13-19-21-18(12-15-8-6-7-11-17(15)25-2)22-23(19)16-9-4-3-5-10-16/h6-8,11,16H,3-5,9-10,12-13H2,1-2H3,(H,20,24). The summed E-state index contributed by atoms with van der Waals surface area (Å²) in [5, 5.41) is 7.64. The van der Waals surface area contributed by atoms with Gasteiger partial charge < -0.3 is 10.1 Å². The molecule has 1 saturated carbocycles. The van der Waals surface area contributed by atoms with Gasteiger partial charge >= 0.3 is 0 Å². The van der Waals surface area contributed by atoms with Gasteiger partial charge in [-0.1, -0.05) is 37.5 Å². The van der Waals surface area contributed by atoms with Gasteiger partial charge in [-0.15, -0.1) is 0 Å². The number of aromatic nitrogens is 3. The van der Waals surface area contributed by atoms with Crippen LogP contribution in [0, 0.1) is 0 Å². The van der Waals surface area contributed by atoms with E-state index in [0.29, 0.717) is 19.0 Å². The molecule has 6 nitrogen and oxygen atoms in total. The lowest BCUT2D eigenvalue weighted by Crippen LogP contribution is -2.24. The van der Waals surface area contributed by atoms with Gasteiger partial charge in [0.25, 0.3) is 0 Å². The lowest BCUT2D eigenvalue weighted by atomic mass is 9.95. The molecule has 0 aliphatic heterocycles. The fourth-order valence-corrected chi connectivity index (χ4v) is 3.44. The lowest BCUT2D eigenvalue weighted by molar-refractivity contribution is -0.119. The molecule has 0 unspecified atom stereocenters. The summed E-state index contributed by atoms with van der Waals surface area (Å²) in [6, 6.07) is 8.32. The molecular formula is C19H26N4O2. The highest BCUT2D eigenvalue weighted by Gasteiger charge is 2.21. The zero-order valence-electron chi connectivity index (χ0n) is 15.0. The molecule has 1 heterocycles. The van der Waals surface area contributed by atoms with Crippen LogP contribution in [0.2, 0.25) is 0 Å². The summed E-state index contributed by atoms with van der Waals surface area (Å²) in [5.74, 6) is 2.41. The van der Waals surface area contributed by atoms with Crippen molar-refractivity contribution in [3.05, 3.63) is 41.5 Å². The first-order valence-electron chi connectivity index (χ1n) is 8.98. The molecule has 3 rings (SSSR count). The molecule has 1 aliphatic carbocycles. The predicted molar refractivity (Wildman–Crippen MR) is 95.5 cm³/mol. The van der Waals surface area contributed by atoms with Crippen LogP contribution in [0.25, 0.3) is 0 Å². The van der Waals surface area contributed by atoms with E-state index in [4.69, 9.17) is 14.8 Å². The van der Waals surface area contributed by atoms with E-state index in [2.05, 4.69) is 5.32 Å². The number of hydrogen-bond acceptors (Lipinski definition) is 4. The smallest absolute Gasteiger partial charge is 0.217 e. The maximum absolute atomic E-state index is 11.3. The Labute approximate surface area is 148 Å². The van der Waals surface area contributed by atoms with Gasteiger partial charge in [0.15, 0.2) is 5.82 Å². The topological polar surface area (TPSA) is 69.0 Å². The minimum atomic E-state index is -0.0514. The number of amides is 1. The SMILES string of the molecule is COc1ccccc1Cc1nc(CNC(C)=O)n(C2CCCCC2)n1. The van der Waals surface area contributed by atoms with Crippen LogP contribution in [0.4, 0.5) is 0 Å². The monoisotopic (exact) mass is 342 g/mol. The van der Waals surface area contributed by atoms with Crippen molar-refractivity contribution in [2.75, 3.05) is 7.11 Å². The van der Waals surface area contributed by atoms with E-state index in [1.807, 2.05) is 28.9 Å². The molecule has 6 heteroatoms. The molecular weight excluding hydrogens is 316 g/mol. The summed E-state index contributed by atoms with van der Waals surface area (Å²) < 4.78 is 7.47. The van der Waals surface area contributed by atoms with Crippen molar-refractivity contribution in [3.63, 3.8) is 0 Å². The van der Waals surface area contributed by atoms with Crippen LogP contribution < -0.4 is 10.1 Å². The quantitative estimate of drug-likeness (QED) is 0.876. The third kappa shape index (κ3) is 4.38. The molecule has 25 heavy (non-hydrogen) atoms. The van der Waals surface area contributed by atoms with Crippen LogP contribution in [-0.2, 0) is 17.8 Å². The Morgan fingerprint density at radius 2 is 2.04 bits per heavy atom. The van der Waals surface area contributed by atoms with Crippen LogP contribution in [0.15, 0.2) is 24.3 Å². The first kappa shape index (κ1) is 17.5. The number of carbonyl (C=O) groups excluding carboxylic acids is 1. The van der Waals surface area contributed by atoms with Crippen molar-refractivity contribution < 1.29 is 9.53 Å². The van der Waals surface area contributed by atoms with Crippen molar-refractivity contribution in [2.45, 2.75) is 58.0 Å². The second-order valence-electron chi connectivity index (χ2n) is 6.58. The van der Waals surface area contributed by atoms with Gasteiger partial charge in [-0.05, 0) is 18.9 Å². The van der Waals surface area contributed by atoms with E-state index in [-0.39, 0.29) is 5.91 Å². The van der Waals surface area contributed by atoms with Crippen LogP contribution in [0.1, 0.15) is 62.3 Å². The number of rotatable bonds is 6. The van der Waals surface area contributed by atoms with Gasteiger partial charge in [-0.3, -0.25) is 4.79 Å². The van der Waals surface area contributed by atoms with Crippen molar-refractivity contribution in [1.29, 1.82) is 0 Å². The number of carbonyl (C=O) groups is 1. The van der Waals surface area contributed by atoms with Crippen molar-refractivity contribution in [3.8, 4) is 5.75 Å². The fraction of sp³-hybridized carbons (Fsp3) is 0.526. The van der Waals surface area contributed by atoms with E-state index in [1.165, 1.54) is 26.2 Å². The number of hydrogen-bond donors (Lipinski definition) is 1. The molecule has 0 atom stereocenters. The normalized spacial score (nSPS) is 15.1. The predicted octanol–water partition coefficient (Wildman–Crippen LogP) is 3.02. The summed E-state index contributed by atoms with van der Waals surface area (Å²) >= 11 is 0. The number of nitrogens with zero attached hydrogens (tertiary/aromatic N) is 3. The van der Waals surface area contributed by atoms with Crippen molar-refractivity contribution in [2.24, 2.45) is 0 Å². The van der Waals surface area contributed by atoms with Gasteiger partial charge in [0.1, 0.15) is 11.6 Å². The van der Waals surface area contributed by atoms with Gasteiger partial charge in [-0.25, -0.2) is 9.67 Å². The highest BCUT2D eigenvalue weighted by Crippen LogP contribution is 2.29. The van der Waals surface area contributed by atoms with E-state index in [0.717, 1.165) is 35.8 Å². The first-order valence-corrected chi connectivity index (χ1v) is 8.98. The largest absolute Gasteiger partial charge is 0.496 e. The Hall–Kier alpha value is -2.37. The second kappa shape index (κ2) is 8.14. The Bertz CT molecular complexity index is 720. The van der Waals surface area contributed by atoms with E-state index < -0.39 is 0 Å². The van der Waals surface area contributed by atoms with E-state index >= 15 is 0 Å². The summed E-state index contributed by atoms with van der Waals surface area (Å²) in [7, 11) is 1.68. The summed E-state index contributed by atoms with van der Waals surface area (Å²) in [6.45, 7) is 1.95. The minimum Gasteiger partial charge on any atom is -0.496 e. The maximum Gasteiger partial charge on any atom is 0.217 e. The van der Waals surface area contributed by atoms with Gasteiger partial charge in [0.05, 0.1) is 19.7 Å². The zero-order valence-corrected chi connectivity index (χ0v) is 15.0. The molecule has 1 fully saturated rings. The minimum absolute atomic E-state index is 0.0514. The second-order valence-corrected chi connectivity index (χ2v) is 6.58. The van der Waals surface area contributed by atoms with Crippen LogP contribution in [0.5, 0.6) is 5.75 Å². The van der Waals surface area contributed by atoms with Crippen molar-refractivity contribution >= 4 is 5.91 Å². The van der Waals surface area contributed by atoms with E-state index in [1.54, 1.807) is 7.11 Å². The molecule has 1 N–H and O–H groups in total. The molecule has 2 aromatic rings. The van der Waals surface area contributed by atoms with Gasteiger partial charge in [0, 0.05) is 18.9 Å². The number of ether oxygens (including phenoxy) is 1. The van der Waals surface area contributed by atoms with Gasteiger partial charge in [0.2, 0.25) is 5.91 Å². The highest BCUT2D eigenvalue weighted by atomic mass is 16.5. The molecule has 0 bridgehead atoms. The number of nitrogens with one attached hydrogen (secondary N) is 1. The average molecular weight is 342 g/mol. The molecule has 0 saturated heterocycles. The van der Waals surface area contributed by atoms with Crippen LogP contribution in [0.3, 0.4) is 0 Å². The third-order valence-corrected chi connectivity index (χ3v) is 4.70. The number of methoxy groups -OCH3 is 1. The maximum atomic E-state index is 11.3. The summed E-state index contributed by atoms with van der Waals surface area (Å²) in [6.07, 6.45) is 6.63. The Balaban J connectivity index is 1.85. The fourth-order valence-electron chi connectivity index (χ4n) is 3.44. The zero-order chi connectivity index (χ0) is 17.6. The molecule has 1 amide bonds. The number of benzene rings is 1. The Morgan fingerprint density at radius 1 is 1.28 bits per heavy atom. The van der Waals surface area contributed by atoms with Crippen molar-refractivity contribution in [1.82, 2.24) is 20.1 Å². The molecule has 0 spiro atoms. The highest BCUT2D eigenvalue weighted by molar-refractivity contribution is 5.72. The molecule has 0 radical (unpaired) electrons. The first-order chi connectivity index (χ1) is 12.2. The molecule has 1 aromatic carbocycles. The van der Waals surface area contributed by atoms with Crippen LogP contribution >= 0.6 is 0 Å². The molecule has 1 aromatic heterocycles. The lowest BCUT2D eigenvalue weighted by Gasteiger charge is -2.23. The number of para-hydroxylation sites is 1. The third-order valence-electron chi connectivity index (χ3n) is 4.70. The summed E-state index contributed by atoms with van der Waals surface area (Å²) in [4.78, 5) is 16.0. The average Bonchev–Trinajstić information content (AvgIpc) is 3.04. The Morgan fingerprint density at radius 3 is 2.76 bits per heavy atom. The molecule has 134 valence electrons. The Kier molecular flexibility index (Phi) is 5.68. The molecule has 1 aliphatic rings. The summed E-state index contributed by atoms with van der Waals surface area (Å²) in [5.41, 5.74) is 1.07. The van der Waals surface area contributed by atoms with E-state index in [9.17, 15) is 4.79 Å².